The fraction of sp³-hybridized carbons (Fsp3) is 0.0192. The van der Waals surface area contributed by atoms with E-state index >= 15 is 0 Å². The molecule has 0 bridgehead atoms. The van der Waals surface area contributed by atoms with Crippen molar-refractivity contribution in [2.75, 3.05) is 0 Å². The number of oxazole rings is 1. The van der Waals surface area contributed by atoms with Gasteiger partial charge in [0.1, 0.15) is 5.52 Å². The maximum atomic E-state index is 6.18. The highest BCUT2D eigenvalue weighted by atomic mass is 16.3. The molecule has 11 aromatic rings. The summed E-state index contributed by atoms with van der Waals surface area (Å²) in [6.07, 6.45) is 0. The van der Waals surface area contributed by atoms with Gasteiger partial charge in [-0.2, -0.15) is 0 Å². The Labute approximate surface area is 329 Å². The first-order valence-electron chi connectivity index (χ1n) is 19.2. The van der Waals surface area contributed by atoms with Crippen molar-refractivity contribution in [3.63, 3.8) is 0 Å². The van der Waals surface area contributed by atoms with Gasteiger partial charge in [-0.25, -0.2) is 15.0 Å². The van der Waals surface area contributed by atoms with Gasteiger partial charge in [0.15, 0.2) is 11.4 Å². The summed E-state index contributed by atoms with van der Waals surface area (Å²) in [5, 5.41) is 4.75. The van der Waals surface area contributed by atoms with Gasteiger partial charge in [-0.15, -0.1) is 0 Å². The summed E-state index contributed by atoms with van der Waals surface area (Å²) in [5.41, 5.74) is 14.3. The van der Waals surface area contributed by atoms with Crippen LogP contribution in [0.3, 0.4) is 0 Å². The van der Waals surface area contributed by atoms with E-state index in [2.05, 4.69) is 151 Å². The van der Waals surface area contributed by atoms with Crippen molar-refractivity contribution >= 4 is 43.7 Å². The molecule has 0 unspecified atom stereocenters. The molecule has 0 aliphatic rings. The Hall–Kier alpha value is -7.63. The highest BCUT2D eigenvalue weighted by molar-refractivity contribution is 6.10. The van der Waals surface area contributed by atoms with E-state index in [0.29, 0.717) is 5.89 Å². The maximum absolute atomic E-state index is 6.18. The first kappa shape index (κ1) is 32.8. The molecule has 0 amide bonds. The van der Waals surface area contributed by atoms with Gasteiger partial charge in [0.05, 0.1) is 22.4 Å². The molecule has 0 spiro atoms. The summed E-state index contributed by atoms with van der Waals surface area (Å²) >= 11 is 0. The van der Waals surface area contributed by atoms with Crippen molar-refractivity contribution < 1.29 is 4.42 Å². The van der Waals surface area contributed by atoms with Gasteiger partial charge in [-0.1, -0.05) is 140 Å². The molecule has 3 heterocycles. The predicted octanol–water partition coefficient (Wildman–Crippen LogP) is 13.5. The van der Waals surface area contributed by atoms with E-state index in [1.54, 1.807) is 0 Å². The second-order valence-electron chi connectivity index (χ2n) is 14.5. The molecule has 5 nitrogen and oxygen atoms in total. The van der Waals surface area contributed by atoms with Gasteiger partial charge < -0.3 is 8.98 Å². The topological polar surface area (TPSA) is 56.7 Å². The quantitative estimate of drug-likeness (QED) is 0.171. The molecule has 57 heavy (non-hydrogen) atoms. The van der Waals surface area contributed by atoms with Crippen molar-refractivity contribution in [3.05, 3.63) is 194 Å². The van der Waals surface area contributed by atoms with Crippen molar-refractivity contribution in [3.8, 4) is 62.2 Å². The minimum absolute atomic E-state index is 0.620. The van der Waals surface area contributed by atoms with Gasteiger partial charge in [-0.3, -0.25) is 0 Å². The maximum Gasteiger partial charge on any atom is 0.227 e. The van der Waals surface area contributed by atoms with Gasteiger partial charge in [0.25, 0.3) is 0 Å². The van der Waals surface area contributed by atoms with Crippen LogP contribution in [-0.4, -0.2) is 19.5 Å². The van der Waals surface area contributed by atoms with Crippen LogP contribution in [0.5, 0.6) is 0 Å². The van der Waals surface area contributed by atoms with Crippen LogP contribution < -0.4 is 0 Å². The van der Waals surface area contributed by atoms with Crippen LogP contribution >= 0.6 is 0 Å². The third kappa shape index (κ3) is 5.68. The Morgan fingerprint density at radius 3 is 1.81 bits per heavy atom. The predicted molar refractivity (Wildman–Crippen MR) is 233 cm³/mol. The number of para-hydroxylation sites is 3. The normalized spacial score (nSPS) is 11.6. The molecule has 0 fully saturated rings. The van der Waals surface area contributed by atoms with Crippen LogP contribution in [0.4, 0.5) is 0 Å². The Morgan fingerprint density at radius 2 is 1.02 bits per heavy atom. The summed E-state index contributed by atoms with van der Waals surface area (Å²) in [5.74, 6) is 1.34. The number of nitrogens with zero attached hydrogens (tertiary/aromatic N) is 4. The van der Waals surface area contributed by atoms with Crippen LogP contribution in [0.2, 0.25) is 0 Å². The van der Waals surface area contributed by atoms with E-state index in [-0.39, 0.29) is 0 Å². The van der Waals surface area contributed by atoms with E-state index in [4.69, 9.17) is 19.4 Å². The lowest BCUT2D eigenvalue weighted by molar-refractivity contribution is 0.620. The standard InChI is InChI=1S/C52H34N4O/c1-33-49(35-12-4-2-5-13-35)54-51(37-14-6-3-7-15-37)55-50(33)36-22-20-34(21-23-36)38-24-25-40-31-42(28-26-39(40)30-38)56-46-18-10-8-16-43(46)44-29-27-41(32-47(44)56)52-53-45-17-9-11-19-48(45)57-52/h2-32H,1H3. The van der Waals surface area contributed by atoms with Gasteiger partial charge in [-0.05, 0) is 77.4 Å². The first-order valence-corrected chi connectivity index (χ1v) is 19.2. The molecule has 3 aromatic heterocycles. The molecular weight excluding hydrogens is 697 g/mol. The summed E-state index contributed by atoms with van der Waals surface area (Å²) in [6, 6.07) is 65.8. The molecule has 268 valence electrons. The third-order valence-corrected chi connectivity index (χ3v) is 11.0. The number of fused-ring (bicyclic) bond motifs is 5. The van der Waals surface area contributed by atoms with Crippen LogP contribution in [0.25, 0.3) is 106 Å². The highest BCUT2D eigenvalue weighted by Crippen LogP contribution is 2.37. The molecule has 5 heteroatoms. The number of benzene rings is 8. The van der Waals surface area contributed by atoms with Gasteiger partial charge >= 0.3 is 0 Å². The smallest absolute Gasteiger partial charge is 0.227 e. The van der Waals surface area contributed by atoms with Crippen LogP contribution in [0.1, 0.15) is 5.56 Å². The lowest BCUT2D eigenvalue weighted by atomic mass is 9.97. The first-order chi connectivity index (χ1) is 28.1. The molecule has 0 atom stereocenters. The summed E-state index contributed by atoms with van der Waals surface area (Å²) < 4.78 is 8.53. The van der Waals surface area contributed by atoms with Crippen LogP contribution in [0.15, 0.2) is 192 Å². The average Bonchev–Trinajstić information content (AvgIpc) is 3.86. The summed E-state index contributed by atoms with van der Waals surface area (Å²) in [4.78, 5) is 15.0. The fourth-order valence-corrected chi connectivity index (χ4v) is 8.14. The van der Waals surface area contributed by atoms with E-state index in [0.717, 1.165) is 84.0 Å². The Bertz CT molecular complexity index is 3260. The summed E-state index contributed by atoms with van der Waals surface area (Å²) in [6.45, 7) is 2.12. The Morgan fingerprint density at radius 1 is 0.421 bits per heavy atom. The Balaban J connectivity index is 0.956. The number of rotatable bonds is 6. The molecule has 11 rings (SSSR count). The van der Waals surface area contributed by atoms with Crippen LogP contribution in [-0.2, 0) is 0 Å². The Kier molecular flexibility index (Phi) is 7.64. The number of aromatic nitrogens is 4. The van der Waals surface area contributed by atoms with Crippen molar-refractivity contribution in [1.29, 1.82) is 0 Å². The second kappa shape index (κ2) is 13.3. The SMILES string of the molecule is Cc1c(-c2ccccc2)nc(-c2ccccc2)nc1-c1ccc(-c2ccc3cc(-n4c5ccccc5c5ccc(-c6nc7ccccc7o6)cc54)ccc3c2)cc1. The third-order valence-electron chi connectivity index (χ3n) is 11.0. The molecule has 0 saturated heterocycles. The monoisotopic (exact) mass is 730 g/mol. The number of hydrogen-bond donors (Lipinski definition) is 0. The van der Waals surface area contributed by atoms with Crippen molar-refractivity contribution in [2.24, 2.45) is 0 Å². The number of hydrogen-bond acceptors (Lipinski definition) is 4. The molecule has 0 aliphatic heterocycles. The van der Waals surface area contributed by atoms with Gasteiger partial charge in [0.2, 0.25) is 5.89 Å². The molecule has 0 saturated carbocycles. The zero-order valence-electron chi connectivity index (χ0n) is 31.1. The fourth-order valence-electron chi connectivity index (χ4n) is 8.14. The average molecular weight is 731 g/mol. The van der Waals surface area contributed by atoms with E-state index in [9.17, 15) is 0 Å². The zero-order chi connectivity index (χ0) is 37.9. The second-order valence-corrected chi connectivity index (χ2v) is 14.5. The summed E-state index contributed by atoms with van der Waals surface area (Å²) in [7, 11) is 0. The van der Waals surface area contributed by atoms with Gasteiger partial charge in [0, 0.05) is 44.3 Å². The lowest BCUT2D eigenvalue weighted by Gasteiger charge is -2.14. The van der Waals surface area contributed by atoms with E-state index in [1.165, 1.54) is 21.5 Å². The minimum Gasteiger partial charge on any atom is -0.436 e. The molecule has 0 radical (unpaired) electrons. The molecule has 0 N–H and O–H groups in total. The van der Waals surface area contributed by atoms with Crippen molar-refractivity contribution in [2.45, 2.75) is 6.92 Å². The molecular formula is C52H34N4O. The van der Waals surface area contributed by atoms with E-state index in [1.807, 2.05) is 48.5 Å². The largest absolute Gasteiger partial charge is 0.436 e. The highest BCUT2D eigenvalue weighted by Gasteiger charge is 2.18. The van der Waals surface area contributed by atoms with E-state index < -0.39 is 0 Å². The van der Waals surface area contributed by atoms with Crippen LogP contribution in [0, 0.1) is 6.92 Å². The molecule has 0 aliphatic carbocycles. The van der Waals surface area contributed by atoms with Crippen molar-refractivity contribution in [1.82, 2.24) is 19.5 Å². The molecule has 8 aromatic carbocycles. The zero-order valence-corrected chi connectivity index (χ0v) is 31.1. The minimum atomic E-state index is 0.620. The lowest BCUT2D eigenvalue weighted by Crippen LogP contribution is -2.00.